The second-order valence-corrected chi connectivity index (χ2v) is 24.8. The van der Waals surface area contributed by atoms with Crippen molar-refractivity contribution in [1.29, 1.82) is 0 Å². The highest BCUT2D eigenvalue weighted by molar-refractivity contribution is 6.05. The molecular weight excluding hydrogens is 1210 g/mol. The molecule has 0 radical (unpaired) electrons. The number of carbonyl (C=O) groups is 7. The Bertz CT molecular complexity index is 4010. The fourth-order valence-corrected chi connectivity index (χ4v) is 12.5. The van der Waals surface area contributed by atoms with Crippen LogP contribution in [-0.4, -0.2) is 132 Å². The minimum atomic E-state index is -0.294. The van der Waals surface area contributed by atoms with Gasteiger partial charge in [-0.1, -0.05) is 36.4 Å². The Morgan fingerprint density at radius 2 is 1.01 bits per heavy atom. The van der Waals surface area contributed by atoms with E-state index >= 15 is 0 Å². The monoisotopic (exact) mass is 1290 g/mol. The van der Waals surface area contributed by atoms with Gasteiger partial charge in [0, 0.05) is 132 Å². The number of benzene rings is 4. The van der Waals surface area contributed by atoms with Crippen molar-refractivity contribution < 1.29 is 53.2 Å². The van der Waals surface area contributed by atoms with Gasteiger partial charge in [0.25, 0.3) is 11.8 Å². The number of amides is 4. The molecule has 7 heterocycles. The number of aromatic nitrogens is 3. The standard InChI is InChI=1S/C40H46N6O6.C33H39N5O5/c1-44-23-28(19-34(44)36(48)8-5-14-41)27-12-10-26(11-13-27)17-37(49)35-20-30(24-45(35)2)43-39(50)9-6-16-52-38-21-33-32(18-29(38)25-47)40(51)46-15-4-3-7-31(46)22-42-33;1-37-20-25(17-29(37)30(40)15-22-9-11-24(34)12-10-22)36-32(41)8-3-2-6-14-43-31-18-28-27(16-23(31)21-39)33(42)38-13-5-4-7-26(38)19-35-28/h10-13,18-24,31,47H,3-9,14-17,25,41H2,1-2H3,(H,43,50);9-12,16-20,26,39H,2-8,13-15,21,34H2,1H3,(H,36,41)/t31-;26-/m00/s1. The van der Waals surface area contributed by atoms with Crippen LogP contribution in [0.3, 0.4) is 0 Å². The number of ether oxygens (including phenoxy) is 2. The zero-order chi connectivity index (χ0) is 67.1. The van der Waals surface area contributed by atoms with E-state index in [1.165, 1.54) is 0 Å². The number of aliphatic imine (C=N–C) groups is 2. The molecular formula is C73H85N11O11. The number of nitrogens with two attached hydrogens (primary N) is 2. The van der Waals surface area contributed by atoms with Gasteiger partial charge in [0.1, 0.15) is 11.5 Å². The van der Waals surface area contributed by atoms with Crippen LogP contribution in [0, 0.1) is 0 Å². The fourth-order valence-electron chi connectivity index (χ4n) is 12.5. The second-order valence-electron chi connectivity index (χ2n) is 24.8. The van der Waals surface area contributed by atoms with Crippen molar-refractivity contribution in [2.24, 2.45) is 36.9 Å². The quantitative estimate of drug-likeness (QED) is 0.0159. The van der Waals surface area contributed by atoms with Crippen LogP contribution in [0.1, 0.15) is 164 Å². The first-order chi connectivity index (χ1) is 46.0. The molecule has 95 heavy (non-hydrogen) atoms. The first-order valence-electron chi connectivity index (χ1n) is 32.8. The average molecular weight is 1290 g/mol. The van der Waals surface area contributed by atoms with Crippen LogP contribution in [0.5, 0.6) is 11.5 Å². The Labute approximate surface area is 553 Å². The van der Waals surface area contributed by atoms with Crippen LogP contribution in [-0.2, 0) is 56.8 Å². The summed E-state index contributed by atoms with van der Waals surface area (Å²) in [5, 5.41) is 25.7. The van der Waals surface area contributed by atoms with Gasteiger partial charge in [-0.05, 0) is 136 Å². The maximum absolute atomic E-state index is 13.2. The van der Waals surface area contributed by atoms with Crippen molar-refractivity contribution in [3.05, 3.63) is 160 Å². The number of nitrogens with zero attached hydrogens (tertiary/aromatic N) is 7. The van der Waals surface area contributed by atoms with Crippen molar-refractivity contribution in [1.82, 2.24) is 23.5 Å². The number of carbonyl (C=O) groups excluding carboxylic acids is 7. The molecule has 7 aromatic rings. The predicted molar refractivity (Wildman–Crippen MR) is 366 cm³/mol. The summed E-state index contributed by atoms with van der Waals surface area (Å²) in [7, 11) is 5.41. The van der Waals surface area contributed by atoms with E-state index in [1.54, 1.807) is 84.2 Å². The topological polar surface area (TPSA) is 300 Å². The van der Waals surface area contributed by atoms with Gasteiger partial charge in [-0.3, -0.25) is 43.5 Å². The van der Waals surface area contributed by atoms with Crippen LogP contribution in [0.4, 0.5) is 28.4 Å². The minimum absolute atomic E-state index is 0.0135. The van der Waals surface area contributed by atoms with Crippen LogP contribution in [0.25, 0.3) is 11.1 Å². The lowest BCUT2D eigenvalue weighted by Crippen LogP contribution is -2.43. The Balaban J connectivity index is 0.000000211. The third-order valence-electron chi connectivity index (χ3n) is 17.7. The molecule has 4 amide bonds. The molecule has 2 saturated heterocycles. The third-order valence-corrected chi connectivity index (χ3v) is 17.7. The summed E-state index contributed by atoms with van der Waals surface area (Å²) in [5.74, 6) is 0.437. The fraction of sp³-hybridized carbons (Fsp3) is 0.384. The molecule has 0 unspecified atom stereocenters. The molecule has 2 fully saturated rings. The van der Waals surface area contributed by atoms with E-state index in [4.69, 9.17) is 20.9 Å². The molecule has 0 saturated carbocycles. The molecule has 2 atom stereocenters. The maximum atomic E-state index is 13.2. The number of hydrogen-bond donors (Lipinski definition) is 6. The normalized spacial score (nSPS) is 15.5. The van der Waals surface area contributed by atoms with Gasteiger partial charge < -0.3 is 65.3 Å². The van der Waals surface area contributed by atoms with E-state index in [0.29, 0.717) is 131 Å². The highest BCUT2D eigenvalue weighted by atomic mass is 16.5. The summed E-state index contributed by atoms with van der Waals surface area (Å²) in [4.78, 5) is 103. The predicted octanol–water partition coefficient (Wildman–Crippen LogP) is 10.2. The number of ketones is 3. The van der Waals surface area contributed by atoms with Gasteiger partial charge >= 0.3 is 0 Å². The van der Waals surface area contributed by atoms with Crippen LogP contribution in [0.15, 0.2) is 120 Å². The number of nitrogen functional groups attached to an aromatic ring is 1. The highest BCUT2D eigenvalue weighted by Crippen LogP contribution is 2.37. The van der Waals surface area contributed by atoms with Crippen molar-refractivity contribution in [2.45, 2.75) is 128 Å². The Kier molecular flexibility index (Phi) is 22.9. The molecule has 11 rings (SSSR count). The van der Waals surface area contributed by atoms with Gasteiger partial charge in [-0.2, -0.15) is 0 Å². The SMILES string of the molecule is Cn1cc(-c2ccc(CC(=O)c3cc(NC(=O)CCCOc4cc5c(cc4CO)C(=O)N4CCCC[C@H]4C=N5)cn3C)cc2)cc1C(=O)CCCN.Cn1cc(NC(=O)CCCCCOc2cc3c(cc2CO)C(=O)N2CCCC[C@H]2C=N3)cc1C(=O)Cc1ccc(N)cc1. The van der Waals surface area contributed by atoms with Crippen molar-refractivity contribution >= 4 is 81.8 Å². The number of unbranched alkanes of at least 4 members (excludes halogenated alkanes) is 2. The third kappa shape index (κ3) is 17.2. The molecule has 0 bridgehead atoms. The molecule has 3 aromatic heterocycles. The number of rotatable bonds is 27. The zero-order valence-electron chi connectivity index (χ0n) is 54.3. The van der Waals surface area contributed by atoms with Gasteiger partial charge in [0.2, 0.25) is 11.8 Å². The first kappa shape index (κ1) is 68.1. The van der Waals surface area contributed by atoms with E-state index in [9.17, 15) is 43.8 Å². The average Bonchev–Trinajstić information content (AvgIpc) is 1.67. The Hall–Kier alpha value is -9.77. The van der Waals surface area contributed by atoms with E-state index in [2.05, 4.69) is 20.6 Å². The summed E-state index contributed by atoms with van der Waals surface area (Å²) in [6.45, 7) is 2.00. The highest BCUT2D eigenvalue weighted by Gasteiger charge is 2.33. The number of nitrogens with one attached hydrogen (secondary N) is 2. The van der Waals surface area contributed by atoms with Crippen LogP contribution >= 0.6 is 0 Å². The van der Waals surface area contributed by atoms with Gasteiger partial charge in [-0.25, -0.2) is 0 Å². The van der Waals surface area contributed by atoms with E-state index in [1.807, 2.05) is 82.5 Å². The van der Waals surface area contributed by atoms with E-state index in [0.717, 1.165) is 80.2 Å². The molecule has 4 aliphatic rings. The minimum Gasteiger partial charge on any atom is -0.493 e. The molecule has 0 aliphatic carbocycles. The van der Waals surface area contributed by atoms with Gasteiger partial charge in [0.15, 0.2) is 17.3 Å². The maximum Gasteiger partial charge on any atom is 0.256 e. The zero-order valence-corrected chi connectivity index (χ0v) is 54.3. The van der Waals surface area contributed by atoms with Gasteiger partial charge in [0.05, 0.1) is 89.5 Å². The summed E-state index contributed by atoms with van der Waals surface area (Å²) in [5.41, 5.74) is 21.4. The Morgan fingerprint density at radius 3 is 1.52 bits per heavy atom. The second kappa shape index (κ2) is 31.9. The lowest BCUT2D eigenvalue weighted by atomic mass is 10.0. The van der Waals surface area contributed by atoms with E-state index in [-0.39, 0.29) is 92.1 Å². The van der Waals surface area contributed by atoms with Crippen molar-refractivity contribution in [2.75, 3.05) is 49.2 Å². The summed E-state index contributed by atoms with van der Waals surface area (Å²) >= 11 is 0. The summed E-state index contributed by atoms with van der Waals surface area (Å²) in [6.07, 6.45) is 19.6. The smallest absolute Gasteiger partial charge is 0.256 e. The number of aliphatic hydroxyl groups excluding tert-OH is 2. The number of anilines is 3. The Morgan fingerprint density at radius 1 is 0.537 bits per heavy atom. The van der Waals surface area contributed by atoms with Crippen molar-refractivity contribution in [3.63, 3.8) is 0 Å². The number of hydrogen-bond acceptors (Lipinski definition) is 15. The molecule has 4 aliphatic heterocycles. The lowest BCUT2D eigenvalue weighted by Gasteiger charge is -2.32. The first-order valence-corrected chi connectivity index (χ1v) is 32.8. The number of fused-ring (bicyclic) bond motifs is 4. The molecule has 498 valence electrons. The number of Topliss-reactive ketones (excluding diaryl/α,β-unsaturated/α-hetero) is 3. The lowest BCUT2D eigenvalue weighted by molar-refractivity contribution is -0.117. The summed E-state index contributed by atoms with van der Waals surface area (Å²) < 4.78 is 17.2. The molecule has 4 aromatic carbocycles. The largest absolute Gasteiger partial charge is 0.493 e. The van der Waals surface area contributed by atoms with Crippen molar-refractivity contribution in [3.8, 4) is 22.6 Å². The van der Waals surface area contributed by atoms with Gasteiger partial charge in [-0.15, -0.1) is 0 Å². The number of aliphatic hydroxyl groups is 2. The summed E-state index contributed by atoms with van der Waals surface area (Å²) in [6, 6.07) is 27.0. The van der Waals surface area contributed by atoms with Crippen LogP contribution < -0.4 is 31.6 Å². The molecule has 22 heteroatoms. The number of aryl methyl sites for hydroxylation is 3. The number of piperidine rings is 2. The molecule has 22 nitrogen and oxygen atoms in total. The van der Waals surface area contributed by atoms with Crippen LogP contribution in [0.2, 0.25) is 0 Å². The van der Waals surface area contributed by atoms with E-state index < -0.39 is 0 Å². The molecule has 8 N–H and O–H groups in total. The molecule has 0 spiro atoms.